The third kappa shape index (κ3) is 3.59. The first-order chi connectivity index (χ1) is 11.0. The maximum atomic E-state index is 13.1. The highest BCUT2D eigenvalue weighted by molar-refractivity contribution is 5.87. The van der Waals surface area contributed by atoms with Crippen molar-refractivity contribution in [2.24, 2.45) is 0 Å². The number of hydrogen-bond acceptors (Lipinski definition) is 2. The van der Waals surface area contributed by atoms with Crippen LogP contribution in [-0.4, -0.2) is 28.6 Å². The first-order valence-electron chi connectivity index (χ1n) is 7.84. The summed E-state index contributed by atoms with van der Waals surface area (Å²) in [6.07, 6.45) is 1.05. The van der Waals surface area contributed by atoms with E-state index < -0.39 is 5.97 Å². The summed E-state index contributed by atoms with van der Waals surface area (Å²) in [6, 6.07) is 14.3. The van der Waals surface area contributed by atoms with Crippen LogP contribution in [0.25, 0.3) is 0 Å². The zero-order valence-electron chi connectivity index (χ0n) is 13.1. The SMILES string of the molecule is CC1CC(c2ccc(F)cc2)CN1Cc1ccc(C(=O)O)cc1. The number of aromatic carboxylic acids is 1. The molecule has 2 aromatic rings. The second-order valence-corrected chi connectivity index (χ2v) is 6.26. The molecule has 2 atom stereocenters. The molecule has 1 heterocycles. The normalized spacial score (nSPS) is 21.5. The Hall–Kier alpha value is -2.20. The van der Waals surface area contributed by atoms with Crippen molar-refractivity contribution in [1.29, 1.82) is 0 Å². The topological polar surface area (TPSA) is 40.5 Å². The van der Waals surface area contributed by atoms with E-state index >= 15 is 0 Å². The van der Waals surface area contributed by atoms with Crippen LogP contribution in [0.5, 0.6) is 0 Å². The van der Waals surface area contributed by atoms with E-state index in [4.69, 9.17) is 5.11 Å². The minimum atomic E-state index is -0.900. The van der Waals surface area contributed by atoms with Crippen molar-refractivity contribution in [1.82, 2.24) is 4.90 Å². The molecule has 3 nitrogen and oxygen atoms in total. The van der Waals surface area contributed by atoms with Gasteiger partial charge in [0.15, 0.2) is 0 Å². The Morgan fingerprint density at radius 1 is 1.17 bits per heavy atom. The number of rotatable bonds is 4. The van der Waals surface area contributed by atoms with Crippen LogP contribution >= 0.6 is 0 Å². The Labute approximate surface area is 135 Å². The number of halogens is 1. The van der Waals surface area contributed by atoms with E-state index in [0.29, 0.717) is 17.5 Å². The molecule has 1 aliphatic heterocycles. The van der Waals surface area contributed by atoms with Crippen LogP contribution < -0.4 is 0 Å². The third-order valence-corrected chi connectivity index (χ3v) is 4.63. The van der Waals surface area contributed by atoms with Crippen molar-refractivity contribution in [2.75, 3.05) is 6.54 Å². The van der Waals surface area contributed by atoms with Gasteiger partial charge in [0.05, 0.1) is 5.56 Å². The fourth-order valence-electron chi connectivity index (χ4n) is 3.28. The zero-order chi connectivity index (χ0) is 16.4. The van der Waals surface area contributed by atoms with E-state index in [1.54, 1.807) is 12.1 Å². The monoisotopic (exact) mass is 313 g/mol. The molecule has 1 saturated heterocycles. The fourth-order valence-corrected chi connectivity index (χ4v) is 3.28. The Morgan fingerprint density at radius 2 is 1.83 bits per heavy atom. The van der Waals surface area contributed by atoms with Crippen molar-refractivity contribution in [2.45, 2.75) is 31.8 Å². The minimum absolute atomic E-state index is 0.199. The van der Waals surface area contributed by atoms with Gasteiger partial charge in [0.25, 0.3) is 0 Å². The van der Waals surface area contributed by atoms with Gasteiger partial charge in [-0.2, -0.15) is 0 Å². The molecule has 0 radical (unpaired) electrons. The van der Waals surface area contributed by atoms with Crippen LogP contribution in [0, 0.1) is 5.82 Å². The van der Waals surface area contributed by atoms with Gasteiger partial charge in [0.1, 0.15) is 5.82 Å². The lowest BCUT2D eigenvalue weighted by molar-refractivity contribution is 0.0697. The standard InChI is InChI=1S/C19H20FNO2/c1-13-10-17(15-6-8-18(20)9-7-15)12-21(13)11-14-2-4-16(5-3-14)19(22)23/h2-9,13,17H,10-12H2,1H3,(H,22,23). The molecular formula is C19H20FNO2. The molecule has 4 heteroatoms. The number of carbonyl (C=O) groups is 1. The average molecular weight is 313 g/mol. The first kappa shape index (κ1) is 15.7. The lowest BCUT2D eigenvalue weighted by Gasteiger charge is -2.21. The molecule has 23 heavy (non-hydrogen) atoms. The summed E-state index contributed by atoms with van der Waals surface area (Å²) in [5.74, 6) is -0.679. The summed E-state index contributed by atoms with van der Waals surface area (Å²) in [7, 11) is 0. The lowest BCUT2D eigenvalue weighted by atomic mass is 9.97. The molecule has 0 amide bonds. The van der Waals surface area contributed by atoms with Gasteiger partial charge in [-0.3, -0.25) is 4.90 Å². The number of carboxylic acid groups (broad SMARTS) is 1. The number of carboxylic acids is 1. The maximum Gasteiger partial charge on any atom is 0.335 e. The predicted octanol–water partition coefficient (Wildman–Crippen LogP) is 3.90. The van der Waals surface area contributed by atoms with Crippen molar-refractivity contribution < 1.29 is 14.3 Å². The zero-order valence-corrected chi connectivity index (χ0v) is 13.1. The van der Waals surface area contributed by atoms with Crippen LogP contribution in [0.1, 0.15) is 40.7 Å². The quantitative estimate of drug-likeness (QED) is 0.930. The summed E-state index contributed by atoms with van der Waals surface area (Å²) >= 11 is 0. The average Bonchev–Trinajstić information content (AvgIpc) is 2.89. The van der Waals surface area contributed by atoms with Crippen LogP contribution in [-0.2, 0) is 6.54 Å². The van der Waals surface area contributed by atoms with E-state index in [1.807, 2.05) is 24.3 Å². The molecule has 0 spiro atoms. The van der Waals surface area contributed by atoms with Crippen LogP contribution in [0.2, 0.25) is 0 Å². The van der Waals surface area contributed by atoms with Crippen molar-refractivity contribution >= 4 is 5.97 Å². The number of likely N-dealkylation sites (tertiary alicyclic amines) is 1. The summed E-state index contributed by atoms with van der Waals surface area (Å²) in [4.78, 5) is 13.3. The summed E-state index contributed by atoms with van der Waals surface area (Å²) in [5, 5.41) is 8.95. The van der Waals surface area contributed by atoms with Gasteiger partial charge in [-0.25, -0.2) is 9.18 Å². The van der Waals surface area contributed by atoms with E-state index in [9.17, 15) is 9.18 Å². The molecule has 2 aromatic carbocycles. The highest BCUT2D eigenvalue weighted by Gasteiger charge is 2.29. The maximum absolute atomic E-state index is 13.1. The molecule has 1 fully saturated rings. The molecule has 120 valence electrons. The molecule has 1 aliphatic rings. The largest absolute Gasteiger partial charge is 0.478 e. The summed E-state index contributed by atoms with van der Waals surface area (Å²) in [6.45, 7) is 3.95. The Bertz CT molecular complexity index is 682. The summed E-state index contributed by atoms with van der Waals surface area (Å²) < 4.78 is 13.1. The minimum Gasteiger partial charge on any atom is -0.478 e. The molecule has 1 N–H and O–H groups in total. The molecular weight excluding hydrogens is 293 g/mol. The molecule has 0 aromatic heterocycles. The van der Waals surface area contributed by atoms with E-state index in [0.717, 1.165) is 25.1 Å². The van der Waals surface area contributed by atoms with Gasteiger partial charge < -0.3 is 5.11 Å². The van der Waals surface area contributed by atoms with Gasteiger partial charge >= 0.3 is 5.97 Å². The Kier molecular flexibility index (Phi) is 4.44. The molecule has 0 aliphatic carbocycles. The Balaban J connectivity index is 1.67. The van der Waals surface area contributed by atoms with E-state index in [2.05, 4.69) is 11.8 Å². The van der Waals surface area contributed by atoms with Gasteiger partial charge in [-0.15, -0.1) is 0 Å². The van der Waals surface area contributed by atoms with E-state index in [1.165, 1.54) is 17.7 Å². The number of hydrogen-bond donors (Lipinski definition) is 1. The van der Waals surface area contributed by atoms with Crippen LogP contribution in [0.3, 0.4) is 0 Å². The van der Waals surface area contributed by atoms with Crippen molar-refractivity contribution in [3.8, 4) is 0 Å². The van der Waals surface area contributed by atoms with Crippen molar-refractivity contribution in [3.05, 3.63) is 71.0 Å². The van der Waals surface area contributed by atoms with Gasteiger partial charge in [0, 0.05) is 19.1 Å². The lowest BCUT2D eigenvalue weighted by Crippen LogP contribution is -2.26. The fraction of sp³-hybridized carbons (Fsp3) is 0.316. The van der Waals surface area contributed by atoms with Gasteiger partial charge in [-0.05, 0) is 54.7 Å². The van der Waals surface area contributed by atoms with Gasteiger partial charge in [0.2, 0.25) is 0 Å². The smallest absolute Gasteiger partial charge is 0.335 e. The number of benzene rings is 2. The highest BCUT2D eigenvalue weighted by Crippen LogP contribution is 2.32. The third-order valence-electron chi connectivity index (χ3n) is 4.63. The van der Waals surface area contributed by atoms with Crippen LogP contribution in [0.4, 0.5) is 4.39 Å². The number of nitrogens with zero attached hydrogens (tertiary/aromatic N) is 1. The van der Waals surface area contributed by atoms with Crippen molar-refractivity contribution in [3.63, 3.8) is 0 Å². The van der Waals surface area contributed by atoms with Gasteiger partial charge in [-0.1, -0.05) is 24.3 Å². The van der Waals surface area contributed by atoms with E-state index in [-0.39, 0.29) is 5.82 Å². The van der Waals surface area contributed by atoms with Crippen LogP contribution in [0.15, 0.2) is 48.5 Å². The predicted molar refractivity (Wildman–Crippen MR) is 87.0 cm³/mol. The molecule has 0 saturated carbocycles. The summed E-state index contributed by atoms with van der Waals surface area (Å²) in [5.41, 5.74) is 2.61. The molecule has 0 bridgehead atoms. The highest BCUT2D eigenvalue weighted by atomic mass is 19.1. The second kappa shape index (κ2) is 6.50. The Morgan fingerprint density at radius 3 is 2.43 bits per heavy atom. The first-order valence-corrected chi connectivity index (χ1v) is 7.84. The molecule has 3 rings (SSSR count). The molecule has 2 unspecified atom stereocenters. The second-order valence-electron chi connectivity index (χ2n) is 6.26.